The van der Waals surface area contributed by atoms with Crippen molar-refractivity contribution in [3.05, 3.63) is 34.6 Å². The second-order valence-electron chi connectivity index (χ2n) is 5.41. The summed E-state index contributed by atoms with van der Waals surface area (Å²) in [5.41, 5.74) is 0.762. The molecule has 0 heterocycles. The molecule has 0 spiro atoms. The predicted molar refractivity (Wildman–Crippen MR) is 74.5 cm³/mol. The number of rotatable bonds is 4. The highest BCUT2D eigenvalue weighted by Gasteiger charge is 2.30. The molecule has 100 valence electrons. The summed E-state index contributed by atoms with van der Waals surface area (Å²) >= 11 is 5.78. The van der Waals surface area contributed by atoms with Gasteiger partial charge in [0, 0.05) is 11.1 Å². The molecule has 1 aromatic rings. The third-order valence-corrected chi connectivity index (χ3v) is 4.51. The van der Waals surface area contributed by atoms with E-state index in [4.69, 9.17) is 11.6 Å². The Kier molecular flexibility index (Phi) is 4.63. The molecule has 18 heavy (non-hydrogen) atoms. The normalized spacial score (nSPS) is 25.3. The molecule has 1 N–H and O–H groups in total. The fraction of sp³-hybridized carbons (Fsp3) is 0.600. The van der Waals surface area contributed by atoms with Crippen molar-refractivity contribution in [1.29, 1.82) is 0 Å². The van der Waals surface area contributed by atoms with Gasteiger partial charge < -0.3 is 5.32 Å². The summed E-state index contributed by atoms with van der Waals surface area (Å²) in [5.74, 6) is 1.20. The van der Waals surface area contributed by atoms with Gasteiger partial charge in [-0.2, -0.15) is 0 Å². The van der Waals surface area contributed by atoms with Gasteiger partial charge in [-0.05, 0) is 49.4 Å². The first-order valence-corrected chi connectivity index (χ1v) is 7.10. The number of hydrogen-bond acceptors (Lipinski definition) is 1. The maximum absolute atomic E-state index is 13.8. The lowest BCUT2D eigenvalue weighted by molar-refractivity contribution is 0.306. The van der Waals surface area contributed by atoms with E-state index in [0.717, 1.165) is 17.9 Å². The van der Waals surface area contributed by atoms with Crippen molar-refractivity contribution < 1.29 is 4.39 Å². The van der Waals surface area contributed by atoms with Crippen molar-refractivity contribution in [2.24, 2.45) is 11.8 Å². The van der Waals surface area contributed by atoms with Gasteiger partial charge in [0.05, 0.1) is 0 Å². The van der Waals surface area contributed by atoms with Crippen molar-refractivity contribution in [1.82, 2.24) is 5.32 Å². The smallest absolute Gasteiger partial charge is 0.127 e. The van der Waals surface area contributed by atoms with E-state index in [1.165, 1.54) is 25.3 Å². The molecular weight excluding hydrogens is 249 g/mol. The van der Waals surface area contributed by atoms with Crippen LogP contribution < -0.4 is 5.32 Å². The lowest BCUT2D eigenvalue weighted by Gasteiger charge is -2.27. The molecular formula is C15H21ClFN. The molecule has 0 amide bonds. The first kappa shape index (κ1) is 13.8. The van der Waals surface area contributed by atoms with Gasteiger partial charge in [0.25, 0.3) is 0 Å². The Balaban J connectivity index is 2.10. The van der Waals surface area contributed by atoms with E-state index >= 15 is 0 Å². The van der Waals surface area contributed by atoms with E-state index in [1.54, 1.807) is 6.07 Å². The van der Waals surface area contributed by atoms with Crippen molar-refractivity contribution in [2.75, 3.05) is 7.05 Å². The minimum atomic E-state index is -0.187. The maximum Gasteiger partial charge on any atom is 0.127 e. The molecule has 0 aromatic heterocycles. The average molecular weight is 270 g/mol. The second kappa shape index (κ2) is 6.03. The molecule has 0 aliphatic heterocycles. The Morgan fingerprint density at radius 2 is 2.22 bits per heavy atom. The number of nitrogens with one attached hydrogen (secondary N) is 1. The fourth-order valence-electron chi connectivity index (χ4n) is 3.16. The van der Waals surface area contributed by atoms with Crippen molar-refractivity contribution in [3.63, 3.8) is 0 Å². The lowest BCUT2D eigenvalue weighted by Crippen LogP contribution is -2.37. The number of halogens is 2. The molecule has 0 radical (unpaired) electrons. The van der Waals surface area contributed by atoms with E-state index in [0.29, 0.717) is 17.0 Å². The molecule has 2 rings (SSSR count). The third kappa shape index (κ3) is 3.04. The van der Waals surface area contributed by atoms with Crippen molar-refractivity contribution in [2.45, 2.75) is 38.6 Å². The quantitative estimate of drug-likeness (QED) is 0.870. The summed E-state index contributed by atoms with van der Waals surface area (Å²) in [6, 6.07) is 5.34. The molecule has 3 unspecified atom stereocenters. The van der Waals surface area contributed by atoms with Gasteiger partial charge in [-0.25, -0.2) is 4.39 Å². The van der Waals surface area contributed by atoms with Gasteiger partial charge in [-0.15, -0.1) is 0 Å². The highest BCUT2D eigenvalue weighted by Crippen LogP contribution is 2.34. The van der Waals surface area contributed by atoms with Crippen LogP contribution in [-0.4, -0.2) is 13.1 Å². The summed E-state index contributed by atoms with van der Waals surface area (Å²) in [7, 11) is 1.98. The van der Waals surface area contributed by atoms with Crippen LogP contribution in [0.5, 0.6) is 0 Å². The van der Waals surface area contributed by atoms with Crippen LogP contribution in [0.1, 0.15) is 31.7 Å². The van der Waals surface area contributed by atoms with Crippen molar-refractivity contribution in [3.8, 4) is 0 Å². The predicted octanol–water partition coefficient (Wildman–Crippen LogP) is 4.05. The van der Waals surface area contributed by atoms with Crippen LogP contribution in [0.4, 0.5) is 4.39 Å². The summed E-state index contributed by atoms with van der Waals surface area (Å²) in [5, 5.41) is 3.83. The van der Waals surface area contributed by atoms with Crippen LogP contribution in [0.15, 0.2) is 18.2 Å². The highest BCUT2D eigenvalue weighted by atomic mass is 35.5. The van der Waals surface area contributed by atoms with Crippen LogP contribution in [-0.2, 0) is 6.42 Å². The molecule has 1 aliphatic rings. The highest BCUT2D eigenvalue weighted by molar-refractivity contribution is 6.30. The Labute approximate surface area is 114 Å². The van der Waals surface area contributed by atoms with Gasteiger partial charge in [0.15, 0.2) is 0 Å². The zero-order valence-corrected chi connectivity index (χ0v) is 11.8. The van der Waals surface area contributed by atoms with Gasteiger partial charge in [0.1, 0.15) is 5.82 Å². The Bertz CT molecular complexity index is 407. The van der Waals surface area contributed by atoms with E-state index in [1.807, 2.05) is 13.1 Å². The fourth-order valence-corrected chi connectivity index (χ4v) is 3.32. The van der Waals surface area contributed by atoms with Crippen LogP contribution in [0.3, 0.4) is 0 Å². The number of likely N-dealkylation sites (N-methyl/N-ethyl adjacent to an activating group) is 1. The Morgan fingerprint density at radius 3 is 2.78 bits per heavy atom. The van der Waals surface area contributed by atoms with E-state index in [-0.39, 0.29) is 5.82 Å². The summed E-state index contributed by atoms with van der Waals surface area (Å²) in [6.07, 6.45) is 4.59. The molecule has 1 nitrogen and oxygen atoms in total. The monoisotopic (exact) mass is 269 g/mol. The van der Waals surface area contributed by atoms with Gasteiger partial charge in [0.2, 0.25) is 0 Å². The molecule has 1 aromatic carbocycles. The first-order chi connectivity index (χ1) is 8.61. The van der Waals surface area contributed by atoms with Crippen LogP contribution >= 0.6 is 11.6 Å². The molecule has 3 heteroatoms. The van der Waals surface area contributed by atoms with Crippen LogP contribution in [0.25, 0.3) is 0 Å². The molecule has 3 atom stereocenters. The molecule has 0 saturated heterocycles. The molecule has 1 saturated carbocycles. The molecule has 1 aliphatic carbocycles. The molecule has 0 bridgehead atoms. The second-order valence-corrected chi connectivity index (χ2v) is 5.84. The van der Waals surface area contributed by atoms with E-state index in [2.05, 4.69) is 12.2 Å². The van der Waals surface area contributed by atoms with Gasteiger partial charge in [-0.1, -0.05) is 37.4 Å². The zero-order chi connectivity index (χ0) is 13.1. The van der Waals surface area contributed by atoms with Gasteiger partial charge in [-0.3, -0.25) is 0 Å². The number of benzene rings is 1. The lowest BCUT2D eigenvalue weighted by atomic mass is 9.86. The zero-order valence-electron chi connectivity index (χ0n) is 11.0. The van der Waals surface area contributed by atoms with E-state index in [9.17, 15) is 4.39 Å². The first-order valence-electron chi connectivity index (χ1n) is 6.73. The summed E-state index contributed by atoms with van der Waals surface area (Å²) < 4.78 is 13.8. The van der Waals surface area contributed by atoms with E-state index < -0.39 is 0 Å². The minimum Gasteiger partial charge on any atom is -0.316 e. The maximum atomic E-state index is 13.8. The topological polar surface area (TPSA) is 12.0 Å². The van der Waals surface area contributed by atoms with Crippen LogP contribution in [0.2, 0.25) is 5.02 Å². The Morgan fingerprint density at radius 1 is 1.44 bits per heavy atom. The largest absolute Gasteiger partial charge is 0.316 e. The minimum absolute atomic E-state index is 0.187. The summed E-state index contributed by atoms with van der Waals surface area (Å²) in [4.78, 5) is 0. The van der Waals surface area contributed by atoms with Crippen molar-refractivity contribution >= 4 is 11.6 Å². The number of hydrogen-bond donors (Lipinski definition) is 1. The van der Waals surface area contributed by atoms with Crippen LogP contribution in [0, 0.1) is 17.7 Å². The SMILES string of the molecule is CNC(Cc1ccc(Cl)cc1F)C1CCCC1C. The summed E-state index contributed by atoms with van der Waals surface area (Å²) in [6.45, 7) is 2.31. The van der Waals surface area contributed by atoms with Gasteiger partial charge >= 0.3 is 0 Å². The Hall–Kier alpha value is -0.600. The third-order valence-electron chi connectivity index (χ3n) is 4.27. The molecule has 1 fully saturated rings. The standard InChI is InChI=1S/C15H21ClFN/c1-10-4-3-5-13(10)15(18-2)8-11-6-7-12(16)9-14(11)17/h6-7,9-10,13,15,18H,3-5,8H2,1-2H3. The average Bonchev–Trinajstić information content (AvgIpc) is 2.75.